The molecule has 1 aromatic heterocycles. The van der Waals surface area contributed by atoms with Crippen molar-refractivity contribution in [3.05, 3.63) is 29.7 Å². The summed E-state index contributed by atoms with van der Waals surface area (Å²) in [6.45, 7) is 7.08. The first-order valence-electron chi connectivity index (χ1n) is 5.20. The number of nitrogens with zero attached hydrogens (tertiary/aromatic N) is 2. The molecule has 0 unspecified atom stereocenters. The number of rotatable bonds is 2. The van der Waals surface area contributed by atoms with Crippen LogP contribution in [0.4, 0.5) is 4.39 Å². The molecule has 0 aliphatic carbocycles. The van der Waals surface area contributed by atoms with Crippen molar-refractivity contribution in [3.8, 4) is 0 Å². The van der Waals surface area contributed by atoms with E-state index in [4.69, 9.17) is 0 Å². The van der Waals surface area contributed by atoms with Crippen LogP contribution in [0.2, 0.25) is 0 Å². The molecule has 2 nitrogen and oxygen atoms in total. The lowest BCUT2D eigenvalue weighted by Crippen LogP contribution is -2.05. The van der Waals surface area contributed by atoms with E-state index in [1.807, 2.05) is 11.6 Å². The lowest BCUT2D eigenvalue weighted by Gasteiger charge is -2.05. The van der Waals surface area contributed by atoms with Crippen LogP contribution in [-0.2, 0) is 6.54 Å². The highest BCUT2D eigenvalue weighted by Gasteiger charge is 2.08. The maximum Gasteiger partial charge on any atom is 0.124 e. The molecule has 0 bridgehead atoms. The zero-order chi connectivity index (χ0) is 11.0. The Morgan fingerprint density at radius 3 is 2.80 bits per heavy atom. The van der Waals surface area contributed by atoms with Gasteiger partial charge in [0.1, 0.15) is 5.82 Å². The van der Waals surface area contributed by atoms with Crippen LogP contribution in [0.25, 0.3) is 10.9 Å². The molecule has 0 N–H and O–H groups in total. The summed E-state index contributed by atoms with van der Waals surface area (Å²) in [5.41, 5.74) is 1.91. The number of halogens is 1. The van der Waals surface area contributed by atoms with Crippen LogP contribution in [0, 0.1) is 18.7 Å². The molecule has 2 aromatic rings. The van der Waals surface area contributed by atoms with Crippen LogP contribution in [0.1, 0.15) is 19.5 Å². The Morgan fingerprint density at radius 1 is 1.40 bits per heavy atom. The van der Waals surface area contributed by atoms with E-state index in [2.05, 4.69) is 18.9 Å². The number of fused-ring (bicyclic) bond motifs is 1. The molecule has 0 saturated carbocycles. The summed E-state index contributed by atoms with van der Waals surface area (Å²) < 4.78 is 15.0. The lowest BCUT2D eigenvalue weighted by atomic mass is 10.2. The molecular weight excluding hydrogens is 191 g/mol. The summed E-state index contributed by atoms with van der Waals surface area (Å²) in [6, 6.07) is 4.84. The second-order valence-corrected chi connectivity index (χ2v) is 4.32. The van der Waals surface area contributed by atoms with E-state index in [1.165, 1.54) is 6.07 Å². The van der Waals surface area contributed by atoms with Gasteiger partial charge in [-0.25, -0.2) is 4.39 Å². The van der Waals surface area contributed by atoms with Crippen molar-refractivity contribution < 1.29 is 4.39 Å². The maximum atomic E-state index is 13.1. The summed E-state index contributed by atoms with van der Waals surface area (Å²) in [4.78, 5) is 0. The molecule has 0 atom stereocenters. The molecule has 0 amide bonds. The first kappa shape index (κ1) is 10.1. The number of aromatic nitrogens is 2. The van der Waals surface area contributed by atoms with E-state index >= 15 is 0 Å². The third kappa shape index (κ3) is 1.87. The van der Waals surface area contributed by atoms with Crippen molar-refractivity contribution in [2.24, 2.45) is 5.92 Å². The monoisotopic (exact) mass is 206 g/mol. The maximum absolute atomic E-state index is 13.1. The predicted molar refractivity (Wildman–Crippen MR) is 59.3 cm³/mol. The molecule has 1 aromatic carbocycles. The molecule has 0 radical (unpaired) electrons. The summed E-state index contributed by atoms with van der Waals surface area (Å²) in [5, 5.41) is 5.33. The van der Waals surface area contributed by atoms with E-state index in [1.54, 1.807) is 12.1 Å². The van der Waals surface area contributed by atoms with Crippen LogP contribution in [0.5, 0.6) is 0 Å². The van der Waals surface area contributed by atoms with Crippen LogP contribution in [0.15, 0.2) is 18.2 Å². The van der Waals surface area contributed by atoms with Crippen LogP contribution >= 0.6 is 0 Å². The molecule has 0 spiro atoms. The van der Waals surface area contributed by atoms with Gasteiger partial charge in [0.25, 0.3) is 0 Å². The van der Waals surface area contributed by atoms with Crippen molar-refractivity contribution in [2.45, 2.75) is 27.3 Å². The Kier molecular flexibility index (Phi) is 2.47. The van der Waals surface area contributed by atoms with Gasteiger partial charge in [-0.3, -0.25) is 4.68 Å². The molecule has 0 fully saturated rings. The van der Waals surface area contributed by atoms with Crippen molar-refractivity contribution in [2.75, 3.05) is 0 Å². The summed E-state index contributed by atoms with van der Waals surface area (Å²) >= 11 is 0. The van der Waals surface area contributed by atoms with Crippen molar-refractivity contribution >= 4 is 10.9 Å². The molecule has 80 valence electrons. The van der Waals surface area contributed by atoms with Gasteiger partial charge in [0, 0.05) is 11.9 Å². The van der Waals surface area contributed by atoms with E-state index in [-0.39, 0.29) is 5.82 Å². The third-order valence-corrected chi connectivity index (χ3v) is 2.44. The van der Waals surface area contributed by atoms with Gasteiger partial charge in [0.2, 0.25) is 0 Å². The highest BCUT2D eigenvalue weighted by molar-refractivity contribution is 5.81. The Balaban J connectivity index is 2.57. The van der Waals surface area contributed by atoms with Gasteiger partial charge >= 0.3 is 0 Å². The predicted octanol–water partition coefficient (Wildman–Crippen LogP) is 3.14. The Morgan fingerprint density at radius 2 is 2.13 bits per heavy atom. The number of benzene rings is 1. The van der Waals surface area contributed by atoms with Gasteiger partial charge < -0.3 is 0 Å². The zero-order valence-corrected chi connectivity index (χ0v) is 9.29. The largest absolute Gasteiger partial charge is 0.264 e. The summed E-state index contributed by atoms with van der Waals surface area (Å²) in [6.07, 6.45) is 0. The summed E-state index contributed by atoms with van der Waals surface area (Å²) in [5.74, 6) is 0.340. The lowest BCUT2D eigenvalue weighted by molar-refractivity contribution is 0.493. The van der Waals surface area contributed by atoms with Crippen molar-refractivity contribution in [1.82, 2.24) is 9.78 Å². The van der Waals surface area contributed by atoms with Crippen LogP contribution in [-0.4, -0.2) is 9.78 Å². The average Bonchev–Trinajstić information content (AvgIpc) is 2.42. The molecule has 0 aliphatic heterocycles. The van der Waals surface area contributed by atoms with E-state index in [0.717, 1.165) is 23.1 Å². The summed E-state index contributed by atoms with van der Waals surface area (Å²) in [7, 11) is 0. The number of hydrogen-bond donors (Lipinski definition) is 0. The standard InChI is InChI=1S/C12H15FN2/c1-8(2)7-15-12-5-4-10(13)6-11(12)9(3)14-15/h4-6,8H,7H2,1-3H3. The van der Waals surface area contributed by atoms with Gasteiger partial charge in [0.15, 0.2) is 0 Å². The van der Waals surface area contributed by atoms with Crippen LogP contribution < -0.4 is 0 Å². The highest BCUT2D eigenvalue weighted by Crippen LogP contribution is 2.20. The van der Waals surface area contributed by atoms with Gasteiger partial charge in [-0.1, -0.05) is 13.8 Å². The fourth-order valence-electron chi connectivity index (χ4n) is 1.80. The Hall–Kier alpha value is -1.38. The van der Waals surface area contributed by atoms with E-state index in [9.17, 15) is 4.39 Å². The van der Waals surface area contributed by atoms with Gasteiger partial charge in [-0.05, 0) is 31.0 Å². The van der Waals surface area contributed by atoms with Gasteiger partial charge in [-0.15, -0.1) is 0 Å². The van der Waals surface area contributed by atoms with Gasteiger partial charge in [-0.2, -0.15) is 5.10 Å². The first-order valence-corrected chi connectivity index (χ1v) is 5.20. The molecular formula is C12H15FN2. The topological polar surface area (TPSA) is 17.8 Å². The minimum atomic E-state index is -0.199. The Labute approximate surface area is 88.7 Å². The molecule has 0 aliphatic rings. The van der Waals surface area contributed by atoms with E-state index in [0.29, 0.717) is 5.92 Å². The fourth-order valence-corrected chi connectivity index (χ4v) is 1.80. The normalized spacial score (nSPS) is 11.5. The Bertz CT molecular complexity index is 486. The first-order chi connectivity index (χ1) is 7.08. The van der Waals surface area contributed by atoms with Crippen molar-refractivity contribution in [3.63, 3.8) is 0 Å². The van der Waals surface area contributed by atoms with Crippen LogP contribution in [0.3, 0.4) is 0 Å². The van der Waals surface area contributed by atoms with Crippen molar-refractivity contribution in [1.29, 1.82) is 0 Å². The molecule has 0 saturated heterocycles. The molecule has 3 heteroatoms. The quantitative estimate of drug-likeness (QED) is 0.738. The number of aryl methyl sites for hydroxylation is 1. The van der Waals surface area contributed by atoms with Gasteiger partial charge in [0.05, 0.1) is 11.2 Å². The molecule has 2 rings (SSSR count). The average molecular weight is 206 g/mol. The molecule has 1 heterocycles. The minimum absolute atomic E-state index is 0.199. The minimum Gasteiger partial charge on any atom is -0.264 e. The zero-order valence-electron chi connectivity index (χ0n) is 9.29. The second kappa shape index (κ2) is 3.65. The SMILES string of the molecule is Cc1nn(CC(C)C)c2ccc(F)cc12. The number of hydrogen-bond acceptors (Lipinski definition) is 1. The second-order valence-electron chi connectivity index (χ2n) is 4.32. The highest BCUT2D eigenvalue weighted by atomic mass is 19.1. The van der Waals surface area contributed by atoms with E-state index < -0.39 is 0 Å². The fraction of sp³-hybridized carbons (Fsp3) is 0.417. The third-order valence-electron chi connectivity index (χ3n) is 2.44. The smallest absolute Gasteiger partial charge is 0.124 e. The molecule has 15 heavy (non-hydrogen) atoms.